The van der Waals surface area contributed by atoms with Crippen LogP contribution in [0.2, 0.25) is 0 Å². The van der Waals surface area contributed by atoms with Gasteiger partial charge in [0.25, 0.3) is 0 Å². The minimum Gasteiger partial charge on any atom is -0.326 e. The van der Waals surface area contributed by atoms with Gasteiger partial charge in [0.15, 0.2) is 0 Å². The van der Waals surface area contributed by atoms with Crippen LogP contribution in [-0.4, -0.2) is 29.7 Å². The Labute approximate surface area is 174 Å². The largest absolute Gasteiger partial charge is 0.334 e. The van der Waals surface area contributed by atoms with Crippen molar-refractivity contribution in [2.75, 3.05) is 19.5 Å². The van der Waals surface area contributed by atoms with E-state index in [-0.39, 0.29) is 24.3 Å². The number of halogens is 1. The number of imidazole rings is 1. The fourth-order valence-corrected chi connectivity index (χ4v) is 3.99. The monoisotopic (exact) mass is 431 g/mol. The Morgan fingerprint density at radius 2 is 1.77 bits per heavy atom. The van der Waals surface area contributed by atoms with Crippen molar-refractivity contribution in [3.05, 3.63) is 78.1 Å². The van der Waals surface area contributed by atoms with Crippen LogP contribution in [0.3, 0.4) is 0 Å². The van der Waals surface area contributed by atoms with E-state index in [9.17, 15) is 13.8 Å². The summed E-state index contributed by atoms with van der Waals surface area (Å²) in [5.74, 6) is -0.452. The lowest BCUT2D eigenvalue weighted by Crippen LogP contribution is -2.13. The Hall–Kier alpha value is -2.80. The minimum atomic E-state index is -3.13. The van der Waals surface area contributed by atoms with Crippen LogP contribution in [-0.2, 0) is 31.0 Å². The molecular formula is C21H23FN3O4P. The number of nitrogens with one attached hydrogen (secondary N) is 1. The highest BCUT2D eigenvalue weighted by Gasteiger charge is 2.21. The number of carbonyl (C=O) groups excluding carboxylic acids is 1. The second-order valence-corrected chi connectivity index (χ2v) is 8.88. The predicted octanol–water partition coefficient (Wildman–Crippen LogP) is 4.57. The van der Waals surface area contributed by atoms with E-state index in [0.29, 0.717) is 12.1 Å². The second-order valence-electron chi connectivity index (χ2n) is 6.61. The Kier molecular flexibility index (Phi) is 7.15. The third-order valence-electron chi connectivity index (χ3n) is 4.60. The first-order chi connectivity index (χ1) is 14.4. The first kappa shape index (κ1) is 21.9. The van der Waals surface area contributed by atoms with Crippen LogP contribution in [0, 0.1) is 5.82 Å². The fourth-order valence-electron chi connectivity index (χ4n) is 2.93. The number of aromatic nitrogens is 2. The van der Waals surface area contributed by atoms with Crippen LogP contribution in [0.1, 0.15) is 17.7 Å². The summed E-state index contributed by atoms with van der Waals surface area (Å²) in [7, 11) is -0.437. The predicted molar refractivity (Wildman–Crippen MR) is 112 cm³/mol. The first-order valence-electron chi connectivity index (χ1n) is 9.29. The molecule has 0 spiro atoms. The molecule has 0 bridgehead atoms. The van der Waals surface area contributed by atoms with E-state index in [4.69, 9.17) is 9.05 Å². The molecule has 0 saturated heterocycles. The van der Waals surface area contributed by atoms with Gasteiger partial charge in [-0.3, -0.25) is 9.36 Å². The normalized spacial score (nSPS) is 11.4. The number of aryl methyl sites for hydroxylation is 1. The zero-order chi connectivity index (χ0) is 21.6. The van der Waals surface area contributed by atoms with Gasteiger partial charge in [-0.2, -0.15) is 0 Å². The molecule has 3 rings (SSSR count). The quantitative estimate of drug-likeness (QED) is 0.502. The summed E-state index contributed by atoms with van der Waals surface area (Å²) >= 11 is 0. The van der Waals surface area contributed by atoms with E-state index < -0.39 is 7.60 Å². The van der Waals surface area contributed by atoms with Gasteiger partial charge in [-0.05, 0) is 48.4 Å². The molecule has 1 amide bonds. The number of anilines is 1. The molecule has 1 heterocycles. The van der Waals surface area contributed by atoms with E-state index in [0.717, 1.165) is 16.9 Å². The maximum Gasteiger partial charge on any atom is 0.334 e. The number of amides is 1. The molecule has 1 N–H and O–H groups in total. The third kappa shape index (κ3) is 5.63. The van der Waals surface area contributed by atoms with Crippen LogP contribution >= 0.6 is 7.60 Å². The average Bonchev–Trinajstić information content (AvgIpc) is 3.23. The highest BCUT2D eigenvalue weighted by molar-refractivity contribution is 7.52. The summed E-state index contributed by atoms with van der Waals surface area (Å²) in [6.07, 6.45) is 4.22. The summed E-state index contributed by atoms with van der Waals surface area (Å²) in [6, 6.07) is 13.1. The van der Waals surface area contributed by atoms with Gasteiger partial charge < -0.3 is 18.9 Å². The molecule has 0 atom stereocenters. The molecule has 30 heavy (non-hydrogen) atoms. The van der Waals surface area contributed by atoms with Crippen molar-refractivity contribution in [3.8, 4) is 5.69 Å². The summed E-state index contributed by atoms with van der Waals surface area (Å²) in [5, 5.41) is 2.84. The highest BCUT2D eigenvalue weighted by Crippen LogP contribution is 2.49. The molecule has 0 radical (unpaired) electrons. The second kappa shape index (κ2) is 9.80. The van der Waals surface area contributed by atoms with Crippen molar-refractivity contribution in [1.82, 2.24) is 9.55 Å². The number of hydrogen-bond acceptors (Lipinski definition) is 5. The number of hydrogen-bond donors (Lipinski definition) is 1. The molecule has 0 aliphatic heterocycles. The first-order valence-corrected chi connectivity index (χ1v) is 11.0. The lowest BCUT2D eigenvalue weighted by atomic mass is 10.2. The SMILES string of the molecule is COP(=O)(Cc1ccc(NC(=O)CCc2cncn2-c2ccc(F)cc2)cc1)OC. The summed E-state index contributed by atoms with van der Waals surface area (Å²) in [6.45, 7) is 0. The van der Waals surface area contributed by atoms with Gasteiger partial charge in [0.2, 0.25) is 5.91 Å². The number of rotatable bonds is 9. The van der Waals surface area contributed by atoms with E-state index >= 15 is 0 Å². The molecule has 9 heteroatoms. The fraction of sp³-hybridized carbons (Fsp3) is 0.238. The van der Waals surface area contributed by atoms with Crippen molar-refractivity contribution >= 4 is 19.2 Å². The average molecular weight is 431 g/mol. The van der Waals surface area contributed by atoms with Crippen molar-refractivity contribution in [2.45, 2.75) is 19.0 Å². The smallest absolute Gasteiger partial charge is 0.326 e. The Morgan fingerprint density at radius 1 is 1.10 bits per heavy atom. The zero-order valence-corrected chi connectivity index (χ0v) is 17.6. The lowest BCUT2D eigenvalue weighted by molar-refractivity contribution is -0.116. The van der Waals surface area contributed by atoms with Gasteiger partial charge in [0, 0.05) is 43.9 Å². The summed E-state index contributed by atoms with van der Waals surface area (Å²) in [5.41, 5.74) is 3.05. The summed E-state index contributed by atoms with van der Waals surface area (Å²) < 4.78 is 37.0. The van der Waals surface area contributed by atoms with Crippen molar-refractivity contribution < 1.29 is 22.8 Å². The van der Waals surface area contributed by atoms with Crippen LogP contribution < -0.4 is 5.32 Å². The van der Waals surface area contributed by atoms with E-state index in [1.165, 1.54) is 26.4 Å². The van der Waals surface area contributed by atoms with Gasteiger partial charge >= 0.3 is 7.60 Å². The maximum absolute atomic E-state index is 13.1. The molecule has 0 unspecified atom stereocenters. The third-order valence-corrected chi connectivity index (χ3v) is 6.46. The maximum atomic E-state index is 13.1. The van der Waals surface area contributed by atoms with Gasteiger partial charge in [-0.25, -0.2) is 9.37 Å². The van der Waals surface area contributed by atoms with E-state index in [2.05, 4.69) is 10.3 Å². The Morgan fingerprint density at radius 3 is 2.40 bits per heavy atom. The molecule has 0 fully saturated rings. The van der Waals surface area contributed by atoms with Crippen LogP contribution in [0.4, 0.5) is 10.1 Å². The molecule has 0 aliphatic carbocycles. The van der Waals surface area contributed by atoms with Crippen molar-refractivity contribution in [1.29, 1.82) is 0 Å². The molecule has 1 aromatic heterocycles. The molecule has 2 aromatic carbocycles. The molecular weight excluding hydrogens is 408 g/mol. The minimum absolute atomic E-state index is 0.144. The van der Waals surface area contributed by atoms with Gasteiger partial charge in [0.05, 0.1) is 12.5 Å². The molecule has 0 saturated carbocycles. The zero-order valence-electron chi connectivity index (χ0n) is 16.7. The molecule has 3 aromatic rings. The lowest BCUT2D eigenvalue weighted by Gasteiger charge is -2.13. The number of benzene rings is 2. The Balaban J connectivity index is 1.56. The van der Waals surface area contributed by atoms with Crippen molar-refractivity contribution in [3.63, 3.8) is 0 Å². The number of carbonyl (C=O) groups is 1. The summed E-state index contributed by atoms with van der Waals surface area (Å²) in [4.78, 5) is 16.5. The van der Waals surface area contributed by atoms with Gasteiger partial charge in [0.1, 0.15) is 5.82 Å². The molecule has 158 valence electrons. The highest BCUT2D eigenvalue weighted by atomic mass is 31.2. The standard InChI is InChI=1S/C21H23FN3O4P/c1-28-30(27,29-2)14-16-3-7-18(8-4-16)24-21(26)12-11-20-13-23-15-25(20)19-9-5-17(22)6-10-19/h3-10,13,15H,11-12,14H2,1-2H3,(H,24,26). The van der Waals surface area contributed by atoms with Crippen molar-refractivity contribution in [2.24, 2.45) is 0 Å². The number of nitrogens with zero attached hydrogens (tertiary/aromatic N) is 2. The van der Waals surface area contributed by atoms with Crippen LogP contribution in [0.5, 0.6) is 0 Å². The van der Waals surface area contributed by atoms with E-state index in [1.807, 2.05) is 4.57 Å². The molecule has 0 aliphatic rings. The van der Waals surface area contributed by atoms with Crippen LogP contribution in [0.25, 0.3) is 5.69 Å². The van der Waals surface area contributed by atoms with Gasteiger partial charge in [-0.15, -0.1) is 0 Å². The Bertz CT molecular complexity index is 1030. The van der Waals surface area contributed by atoms with E-state index in [1.54, 1.807) is 48.9 Å². The molecule has 7 nitrogen and oxygen atoms in total. The topological polar surface area (TPSA) is 82.5 Å². The van der Waals surface area contributed by atoms with Gasteiger partial charge in [-0.1, -0.05) is 12.1 Å². The van der Waals surface area contributed by atoms with Crippen LogP contribution in [0.15, 0.2) is 61.1 Å².